The van der Waals surface area contributed by atoms with Gasteiger partial charge in [0.15, 0.2) is 0 Å². The molecule has 7 heteroatoms. The lowest BCUT2D eigenvalue weighted by Crippen LogP contribution is -2.35. The summed E-state index contributed by atoms with van der Waals surface area (Å²) < 4.78 is 8.01. The van der Waals surface area contributed by atoms with Crippen molar-refractivity contribution in [1.29, 1.82) is 0 Å². The van der Waals surface area contributed by atoms with Gasteiger partial charge in [0.05, 0.1) is 31.1 Å². The van der Waals surface area contributed by atoms with E-state index >= 15 is 0 Å². The molecule has 24 heavy (non-hydrogen) atoms. The quantitative estimate of drug-likeness (QED) is 0.829. The lowest BCUT2D eigenvalue weighted by atomic mass is 10.1. The zero-order valence-corrected chi connectivity index (χ0v) is 13.5. The number of hydrogen-bond donors (Lipinski definition) is 0. The number of imidazole rings is 1. The van der Waals surface area contributed by atoms with Gasteiger partial charge in [-0.3, -0.25) is 4.79 Å². The summed E-state index contributed by atoms with van der Waals surface area (Å²) in [5.41, 5.74) is 0.558. The molecular weight excluding hydrogens is 306 g/mol. The van der Waals surface area contributed by atoms with E-state index in [-0.39, 0.29) is 11.8 Å². The Morgan fingerprint density at radius 1 is 1.17 bits per heavy atom. The second-order valence-electron chi connectivity index (χ2n) is 6.66. The van der Waals surface area contributed by atoms with Crippen LogP contribution in [0.4, 0.5) is 0 Å². The van der Waals surface area contributed by atoms with Crippen molar-refractivity contribution in [1.82, 2.24) is 24.6 Å². The average molecular weight is 327 g/mol. The number of ether oxygens (including phenoxy) is 1. The first kappa shape index (κ1) is 15.3. The van der Waals surface area contributed by atoms with Crippen LogP contribution in [-0.4, -0.2) is 50.3 Å². The van der Waals surface area contributed by atoms with Crippen molar-refractivity contribution >= 4 is 5.91 Å². The smallest absolute Gasteiger partial charge is 0.255 e. The third-order valence-corrected chi connectivity index (χ3v) is 4.59. The Morgan fingerprint density at radius 3 is 2.83 bits per heavy atom. The van der Waals surface area contributed by atoms with Crippen LogP contribution in [0.15, 0.2) is 30.9 Å². The maximum Gasteiger partial charge on any atom is 0.255 e. The summed E-state index contributed by atoms with van der Waals surface area (Å²) in [5, 5.41) is 7.55. The molecule has 0 bridgehead atoms. The van der Waals surface area contributed by atoms with Gasteiger partial charge in [-0.05, 0) is 24.8 Å². The summed E-state index contributed by atoms with van der Waals surface area (Å²) in [6, 6.07) is 1.70. The van der Waals surface area contributed by atoms with E-state index in [4.69, 9.17) is 4.74 Å². The molecular formula is C17H21N5O2. The van der Waals surface area contributed by atoms with Gasteiger partial charge >= 0.3 is 0 Å². The van der Waals surface area contributed by atoms with Crippen LogP contribution in [0, 0.1) is 11.8 Å². The molecule has 2 aromatic heterocycles. The highest BCUT2D eigenvalue weighted by Crippen LogP contribution is 2.29. The number of aromatic nitrogens is 4. The fraction of sp³-hybridized carbons (Fsp3) is 0.529. The van der Waals surface area contributed by atoms with Gasteiger partial charge in [-0.25, -0.2) is 4.98 Å². The number of fused-ring (bicyclic) bond motifs is 1. The zero-order chi connectivity index (χ0) is 16.4. The minimum absolute atomic E-state index is 0.0338. The molecule has 3 heterocycles. The molecule has 126 valence electrons. The first-order valence-corrected chi connectivity index (χ1v) is 8.43. The molecule has 1 atom stereocenters. The normalized spacial score (nSPS) is 20.5. The summed E-state index contributed by atoms with van der Waals surface area (Å²) in [4.78, 5) is 19.0. The minimum Gasteiger partial charge on any atom is -0.381 e. The van der Waals surface area contributed by atoms with Gasteiger partial charge in [-0.1, -0.05) is 0 Å². The van der Waals surface area contributed by atoms with E-state index in [2.05, 4.69) is 19.7 Å². The van der Waals surface area contributed by atoms with Gasteiger partial charge in [0.25, 0.3) is 5.91 Å². The molecule has 0 N–H and O–H groups in total. The maximum absolute atomic E-state index is 12.8. The molecule has 0 radical (unpaired) electrons. The van der Waals surface area contributed by atoms with Crippen molar-refractivity contribution in [2.24, 2.45) is 11.8 Å². The molecule has 2 aliphatic rings. The summed E-state index contributed by atoms with van der Waals surface area (Å²) in [5.74, 6) is 1.89. The Kier molecular flexibility index (Phi) is 4.25. The minimum atomic E-state index is -0.0338. The fourth-order valence-electron chi connectivity index (χ4n) is 3.09. The van der Waals surface area contributed by atoms with E-state index in [1.165, 1.54) is 19.0 Å². The molecule has 1 aliphatic carbocycles. The van der Waals surface area contributed by atoms with Crippen molar-refractivity contribution in [3.8, 4) is 0 Å². The zero-order valence-electron chi connectivity index (χ0n) is 13.5. The summed E-state index contributed by atoms with van der Waals surface area (Å²) in [6.07, 6.45) is 9.40. The Labute approximate surface area is 140 Å². The number of amides is 1. The number of nitrogens with zero attached hydrogens (tertiary/aromatic N) is 5. The summed E-state index contributed by atoms with van der Waals surface area (Å²) in [7, 11) is 0. The van der Waals surface area contributed by atoms with E-state index in [0.29, 0.717) is 25.3 Å². The van der Waals surface area contributed by atoms with Crippen molar-refractivity contribution < 1.29 is 9.53 Å². The van der Waals surface area contributed by atoms with Crippen molar-refractivity contribution in [2.75, 3.05) is 19.8 Å². The standard InChI is InChI=1S/C17H21N5O2/c23-17(15-3-4-19-20-7-15)22-9-14(12-24-11-13-1-2-13)8-21-6-5-18-16(21)10-22/h3-7,13-14H,1-2,8-12H2/t14-/m0/s1. The SMILES string of the molecule is O=C(c1ccnnc1)N1Cc2nccn2C[C@H](COCC2CC2)C1. The van der Waals surface area contributed by atoms with Crippen LogP contribution in [0.3, 0.4) is 0 Å². The van der Waals surface area contributed by atoms with Crippen LogP contribution in [0.2, 0.25) is 0 Å². The third-order valence-electron chi connectivity index (χ3n) is 4.59. The van der Waals surface area contributed by atoms with Gasteiger partial charge in [0.2, 0.25) is 0 Å². The second-order valence-corrected chi connectivity index (χ2v) is 6.66. The highest BCUT2D eigenvalue weighted by atomic mass is 16.5. The first-order chi connectivity index (χ1) is 11.8. The van der Waals surface area contributed by atoms with E-state index in [1.807, 2.05) is 11.1 Å². The second kappa shape index (κ2) is 6.68. The largest absolute Gasteiger partial charge is 0.381 e. The lowest BCUT2D eigenvalue weighted by Gasteiger charge is -2.24. The van der Waals surface area contributed by atoms with E-state index in [0.717, 1.165) is 24.9 Å². The molecule has 1 saturated carbocycles. The van der Waals surface area contributed by atoms with Crippen LogP contribution in [-0.2, 0) is 17.8 Å². The fourth-order valence-corrected chi connectivity index (χ4v) is 3.09. The Bertz CT molecular complexity index is 698. The lowest BCUT2D eigenvalue weighted by molar-refractivity contribution is 0.0571. The predicted octanol–water partition coefficient (Wildman–Crippen LogP) is 1.37. The van der Waals surface area contributed by atoms with Gasteiger partial charge in [0.1, 0.15) is 5.82 Å². The maximum atomic E-state index is 12.8. The Morgan fingerprint density at radius 2 is 2.04 bits per heavy atom. The molecule has 1 fully saturated rings. The van der Waals surface area contributed by atoms with Crippen LogP contribution < -0.4 is 0 Å². The highest BCUT2D eigenvalue weighted by Gasteiger charge is 2.27. The molecule has 1 amide bonds. The molecule has 2 aromatic rings. The van der Waals surface area contributed by atoms with E-state index in [1.54, 1.807) is 18.5 Å². The van der Waals surface area contributed by atoms with Crippen LogP contribution >= 0.6 is 0 Å². The highest BCUT2D eigenvalue weighted by molar-refractivity contribution is 5.93. The van der Waals surface area contributed by atoms with Crippen LogP contribution in [0.1, 0.15) is 29.0 Å². The molecule has 4 rings (SSSR count). The molecule has 7 nitrogen and oxygen atoms in total. The van der Waals surface area contributed by atoms with Crippen LogP contribution in [0.25, 0.3) is 0 Å². The van der Waals surface area contributed by atoms with Crippen molar-refractivity contribution in [3.05, 3.63) is 42.2 Å². The molecule has 0 unspecified atom stereocenters. The first-order valence-electron chi connectivity index (χ1n) is 8.43. The Balaban J connectivity index is 1.49. The third kappa shape index (κ3) is 3.46. The van der Waals surface area contributed by atoms with E-state index < -0.39 is 0 Å². The number of rotatable bonds is 5. The molecule has 1 aliphatic heterocycles. The average Bonchev–Trinajstić information content (AvgIpc) is 3.37. The molecule has 0 saturated heterocycles. The van der Waals surface area contributed by atoms with Crippen molar-refractivity contribution in [3.63, 3.8) is 0 Å². The number of carbonyl (C=O) groups excluding carboxylic acids is 1. The Hall–Kier alpha value is -2.28. The number of carbonyl (C=O) groups is 1. The summed E-state index contributed by atoms with van der Waals surface area (Å²) in [6.45, 7) is 3.52. The van der Waals surface area contributed by atoms with Gasteiger partial charge in [-0.15, -0.1) is 0 Å². The monoisotopic (exact) mass is 327 g/mol. The van der Waals surface area contributed by atoms with Gasteiger partial charge < -0.3 is 14.2 Å². The topological polar surface area (TPSA) is 73.1 Å². The van der Waals surface area contributed by atoms with Gasteiger partial charge in [0, 0.05) is 38.0 Å². The van der Waals surface area contributed by atoms with Crippen LogP contribution in [0.5, 0.6) is 0 Å². The summed E-state index contributed by atoms with van der Waals surface area (Å²) >= 11 is 0. The van der Waals surface area contributed by atoms with Crippen molar-refractivity contribution in [2.45, 2.75) is 25.9 Å². The number of hydrogen-bond acceptors (Lipinski definition) is 5. The molecule has 0 aromatic carbocycles. The van der Waals surface area contributed by atoms with E-state index in [9.17, 15) is 4.79 Å². The predicted molar refractivity (Wildman–Crippen MR) is 86.0 cm³/mol. The molecule has 0 spiro atoms. The van der Waals surface area contributed by atoms with Gasteiger partial charge in [-0.2, -0.15) is 10.2 Å².